The number of hydrogen-bond acceptors (Lipinski definition) is 4. The van der Waals surface area contributed by atoms with Gasteiger partial charge in [-0.15, -0.1) is 22.7 Å². The zero-order valence-electron chi connectivity index (χ0n) is 39.7. The maximum Gasteiger partial charge on any atom is 0.277 e. The summed E-state index contributed by atoms with van der Waals surface area (Å²) in [5.41, 5.74) is 28.4. The molecule has 2 nitrogen and oxygen atoms in total. The molecule has 4 heterocycles. The van der Waals surface area contributed by atoms with E-state index in [1.165, 1.54) is 142 Å². The Hall–Kier alpha value is -7.96. The number of nitrogens with zero attached hydrogens (tertiary/aromatic N) is 2. The van der Waals surface area contributed by atoms with Crippen LogP contribution in [0.5, 0.6) is 0 Å². The molecule has 0 unspecified atom stereocenters. The van der Waals surface area contributed by atoms with E-state index in [-0.39, 0.29) is 12.6 Å². The minimum Gasteiger partial charge on any atom is -0.310 e. The van der Waals surface area contributed by atoms with Gasteiger partial charge in [0, 0.05) is 53.2 Å². The predicted octanol–water partition coefficient (Wildman–Crippen LogP) is 15.7. The Kier molecular flexibility index (Phi) is 7.68. The Morgan fingerprint density at radius 2 is 0.681 bits per heavy atom. The lowest BCUT2D eigenvalue weighted by Gasteiger charge is -2.43. The minimum absolute atomic E-state index is 0.0282. The van der Waals surface area contributed by atoms with Crippen molar-refractivity contribution in [1.29, 1.82) is 0 Å². The lowest BCUT2D eigenvalue weighted by atomic mass is 9.39. The molecule has 2 aliphatic heterocycles. The van der Waals surface area contributed by atoms with Crippen LogP contribution in [-0.2, 0) is 10.8 Å². The van der Waals surface area contributed by atoms with E-state index in [2.05, 4.69) is 265 Å². The molecule has 0 N–H and O–H groups in total. The highest BCUT2D eigenvalue weighted by molar-refractivity contribution is 7.37. The Labute approximate surface area is 427 Å². The number of thiophene rings is 2. The van der Waals surface area contributed by atoms with Gasteiger partial charge in [0.15, 0.2) is 0 Å². The number of para-hydroxylation sites is 2. The van der Waals surface area contributed by atoms with Crippen molar-refractivity contribution in [1.82, 2.24) is 0 Å². The first-order valence-corrected chi connectivity index (χ1v) is 27.0. The van der Waals surface area contributed by atoms with Crippen LogP contribution in [0, 0.1) is 0 Å². The highest BCUT2D eigenvalue weighted by Crippen LogP contribution is 2.69. The Morgan fingerprint density at radius 3 is 1.03 bits per heavy atom. The van der Waals surface area contributed by atoms with Crippen LogP contribution in [0.4, 0.5) is 34.1 Å². The SMILES string of the molecule is CC(C)c1cc2c3c(c1)N(c1ccccc1)c1c(sc4c1-c1ccccc1C41c4ccccc4-c4ccccc41)B3c1sc3c(c1N2c1ccccc1)-c1ccccc1C31c2ccccc2-c2ccccc21. The molecule has 2 aromatic heterocycles. The standard InChI is InChI=1S/C67H43BN2S2/c1-39(2)40-37-55-59-56(38-40)70(42-23-7-4-8-24-42)61-58-48-30-14-20-36-54(48)67(51-33-17-11-27-45(51)46-28-12-18-34-52(46)67)63(58)72-65(61)68(59)64-60(69(55)41-21-5-3-6-22-41)57-47-29-13-19-35-53(47)66(62(57)71-64)49-31-15-9-25-43(49)44-26-10-16-32-50(44)66/h3-39H,1-2H3. The fraction of sp³-hybridized carbons (Fsp3) is 0.0746. The fourth-order valence-corrected chi connectivity index (χ4v) is 17.9. The number of hydrogen-bond donors (Lipinski definition) is 0. The zero-order chi connectivity index (χ0) is 47.2. The van der Waals surface area contributed by atoms with E-state index < -0.39 is 10.8 Å². The van der Waals surface area contributed by atoms with E-state index in [0.717, 1.165) is 0 Å². The van der Waals surface area contributed by atoms with Gasteiger partial charge in [-0.05, 0) is 120 Å². The largest absolute Gasteiger partial charge is 0.310 e. The van der Waals surface area contributed by atoms with Gasteiger partial charge in [0.25, 0.3) is 6.71 Å². The van der Waals surface area contributed by atoms with Crippen LogP contribution >= 0.6 is 22.7 Å². The molecular formula is C67H43BN2S2. The second kappa shape index (κ2) is 13.9. The van der Waals surface area contributed by atoms with E-state index in [4.69, 9.17) is 0 Å². The first-order chi connectivity index (χ1) is 35.6. The van der Waals surface area contributed by atoms with E-state index in [1.54, 1.807) is 0 Å². The number of rotatable bonds is 3. The maximum absolute atomic E-state index is 2.68. The number of benzene rings is 9. The predicted molar refractivity (Wildman–Crippen MR) is 303 cm³/mol. The van der Waals surface area contributed by atoms with Crippen molar-refractivity contribution in [2.24, 2.45) is 0 Å². The number of anilines is 6. The summed E-state index contributed by atoms with van der Waals surface area (Å²) >= 11 is 4.17. The lowest BCUT2D eigenvalue weighted by Crippen LogP contribution is -2.59. The van der Waals surface area contributed by atoms with Gasteiger partial charge in [-0.1, -0.05) is 196 Å². The van der Waals surface area contributed by atoms with Crippen molar-refractivity contribution >= 4 is 78.5 Å². The zero-order valence-corrected chi connectivity index (χ0v) is 41.3. The average Bonchev–Trinajstić information content (AvgIpc) is 4.27. The Bertz CT molecular complexity index is 3830. The quantitative estimate of drug-likeness (QED) is 0.163. The molecule has 6 aliphatic rings. The summed E-state index contributed by atoms with van der Waals surface area (Å²) in [6.07, 6.45) is 0. The van der Waals surface area contributed by atoms with Gasteiger partial charge in [0.05, 0.1) is 22.2 Å². The molecule has 72 heavy (non-hydrogen) atoms. The maximum atomic E-state index is 2.68. The lowest BCUT2D eigenvalue weighted by molar-refractivity contribution is 0.811. The van der Waals surface area contributed by atoms with Crippen molar-refractivity contribution in [3.05, 3.63) is 267 Å². The van der Waals surface area contributed by atoms with Crippen LogP contribution in [0.3, 0.4) is 0 Å². The minimum atomic E-state index is -0.466. The second-order valence-corrected chi connectivity index (χ2v) is 22.8. The van der Waals surface area contributed by atoms with Crippen LogP contribution in [0.1, 0.15) is 68.5 Å². The van der Waals surface area contributed by atoms with E-state index in [0.29, 0.717) is 0 Å². The van der Waals surface area contributed by atoms with Crippen LogP contribution in [0.2, 0.25) is 0 Å². The molecule has 9 aromatic carbocycles. The third-order valence-electron chi connectivity index (χ3n) is 17.2. The van der Waals surface area contributed by atoms with Gasteiger partial charge in [-0.3, -0.25) is 0 Å². The van der Waals surface area contributed by atoms with Crippen molar-refractivity contribution in [3.63, 3.8) is 0 Å². The van der Waals surface area contributed by atoms with Gasteiger partial charge in [-0.25, -0.2) is 0 Å². The molecule has 0 fully saturated rings. The molecule has 4 aliphatic carbocycles. The summed E-state index contributed by atoms with van der Waals surface area (Å²) < 4.78 is 2.85. The molecule has 5 heteroatoms. The van der Waals surface area contributed by atoms with E-state index in [9.17, 15) is 0 Å². The number of fused-ring (bicyclic) bond motifs is 26. The molecule has 2 spiro atoms. The Balaban J connectivity index is 1.06. The summed E-state index contributed by atoms with van der Waals surface area (Å²) in [6.45, 7) is 4.70. The van der Waals surface area contributed by atoms with Gasteiger partial charge in [0.1, 0.15) is 0 Å². The Morgan fingerprint density at radius 1 is 0.375 bits per heavy atom. The third-order valence-corrected chi connectivity index (χ3v) is 19.9. The van der Waals surface area contributed by atoms with Crippen molar-refractivity contribution in [2.45, 2.75) is 30.6 Å². The molecule has 0 radical (unpaired) electrons. The van der Waals surface area contributed by atoms with Crippen LogP contribution in [0.25, 0.3) is 44.5 Å². The van der Waals surface area contributed by atoms with Crippen molar-refractivity contribution in [3.8, 4) is 44.5 Å². The van der Waals surface area contributed by atoms with Gasteiger partial charge in [-0.2, -0.15) is 0 Å². The van der Waals surface area contributed by atoms with E-state index in [1.807, 2.05) is 0 Å². The highest BCUT2D eigenvalue weighted by atomic mass is 32.1. The van der Waals surface area contributed by atoms with Crippen molar-refractivity contribution < 1.29 is 0 Å². The first-order valence-electron chi connectivity index (χ1n) is 25.4. The average molecular weight is 951 g/mol. The molecule has 11 aromatic rings. The fourth-order valence-electron chi connectivity index (χ4n) is 14.5. The molecule has 336 valence electrons. The second-order valence-electron chi connectivity index (χ2n) is 20.7. The molecule has 0 saturated carbocycles. The van der Waals surface area contributed by atoms with Crippen molar-refractivity contribution in [2.75, 3.05) is 9.80 Å². The normalized spacial score (nSPS) is 15.3. The van der Waals surface area contributed by atoms with Gasteiger partial charge < -0.3 is 9.80 Å². The molecule has 0 amide bonds. The van der Waals surface area contributed by atoms with Crippen LogP contribution in [0.15, 0.2) is 218 Å². The summed E-state index contributed by atoms with van der Waals surface area (Å²) in [4.78, 5) is 8.23. The summed E-state index contributed by atoms with van der Waals surface area (Å²) in [7, 11) is 0. The van der Waals surface area contributed by atoms with Gasteiger partial charge >= 0.3 is 0 Å². The van der Waals surface area contributed by atoms with Gasteiger partial charge in [0.2, 0.25) is 0 Å². The molecule has 17 rings (SSSR count). The summed E-state index contributed by atoms with van der Waals surface area (Å²) in [5, 5.41) is 0. The molecule has 0 saturated heterocycles. The van der Waals surface area contributed by atoms with Crippen LogP contribution < -0.4 is 24.8 Å². The summed E-state index contributed by atoms with van der Waals surface area (Å²) in [5.74, 6) is 0.287. The molecule has 0 atom stereocenters. The first kappa shape index (κ1) is 39.7. The monoisotopic (exact) mass is 950 g/mol. The molecule has 0 bridgehead atoms. The summed E-state index contributed by atoms with van der Waals surface area (Å²) in [6, 6.07) is 83.5. The van der Waals surface area contributed by atoms with Crippen LogP contribution in [-0.4, -0.2) is 6.71 Å². The highest BCUT2D eigenvalue weighted by Gasteiger charge is 2.60. The van der Waals surface area contributed by atoms with E-state index >= 15 is 0 Å². The topological polar surface area (TPSA) is 6.48 Å². The molecular weight excluding hydrogens is 908 g/mol. The smallest absolute Gasteiger partial charge is 0.277 e. The third kappa shape index (κ3) is 4.52.